The molecule has 12 nitrogen and oxygen atoms in total. The molecule has 0 saturated carbocycles. The Morgan fingerprint density at radius 1 is 0.362 bits per heavy atom. The maximum atomic E-state index is 12.2. The number of carbonyl (C=O) groups is 2. The summed E-state index contributed by atoms with van der Waals surface area (Å²) in [5, 5.41) is 74.2. The van der Waals surface area contributed by atoms with Crippen molar-refractivity contribution in [1.82, 2.24) is 0 Å². The second-order valence-electron chi connectivity index (χ2n) is 14.6. The third kappa shape index (κ3) is 18.0. The molecule has 0 atom stereocenters. The summed E-state index contributed by atoms with van der Waals surface area (Å²) in [6, 6.07) is 44.9. The summed E-state index contributed by atoms with van der Waals surface area (Å²) < 4.78 is 0. The molecular formula is C54H46Co3N4O8. The van der Waals surface area contributed by atoms with E-state index < -0.39 is 11.9 Å². The number of benzene rings is 8. The van der Waals surface area contributed by atoms with Gasteiger partial charge in [0.25, 0.3) is 0 Å². The van der Waals surface area contributed by atoms with E-state index in [0.717, 1.165) is 69.8 Å². The van der Waals surface area contributed by atoms with Crippen molar-refractivity contribution < 1.29 is 90.6 Å². The molecule has 0 N–H and O–H groups in total. The molecule has 8 aromatic rings. The van der Waals surface area contributed by atoms with Crippen molar-refractivity contribution >= 4 is 79.9 Å². The second-order valence-corrected chi connectivity index (χ2v) is 14.6. The Bertz CT molecular complexity index is 2650. The van der Waals surface area contributed by atoms with Gasteiger partial charge in [0.1, 0.15) is 0 Å². The smallest absolute Gasteiger partial charge is 0.872 e. The largest absolute Gasteiger partial charge is 2.00 e. The van der Waals surface area contributed by atoms with Crippen LogP contribution >= 0.6 is 0 Å². The van der Waals surface area contributed by atoms with Crippen molar-refractivity contribution in [3.8, 4) is 23.0 Å². The van der Waals surface area contributed by atoms with E-state index in [-0.39, 0.29) is 73.3 Å². The number of carboxylic acid groups (broad SMARTS) is 2. The quantitative estimate of drug-likeness (QED) is 0.110. The first kappa shape index (κ1) is 58.3. The van der Waals surface area contributed by atoms with Gasteiger partial charge >= 0.3 is 50.3 Å². The number of carbonyl (C=O) groups excluding carboxylic acids is 2. The fourth-order valence-electron chi connectivity index (χ4n) is 6.76. The van der Waals surface area contributed by atoms with Crippen LogP contribution in [-0.4, -0.2) is 63.0 Å². The van der Waals surface area contributed by atoms with Crippen molar-refractivity contribution in [2.75, 3.05) is 26.2 Å². The molecule has 0 spiro atoms. The zero-order valence-corrected chi connectivity index (χ0v) is 40.6. The predicted octanol–water partition coefficient (Wildman–Crippen LogP) is 5.64. The van der Waals surface area contributed by atoms with Gasteiger partial charge in [-0.25, -0.2) is 0 Å². The molecule has 0 aliphatic rings. The molecule has 0 amide bonds. The Labute approximate surface area is 431 Å². The normalized spacial score (nSPS) is 10.7. The third-order valence-corrected chi connectivity index (χ3v) is 9.75. The van der Waals surface area contributed by atoms with E-state index in [4.69, 9.17) is 19.8 Å². The van der Waals surface area contributed by atoms with Gasteiger partial charge in [0.15, 0.2) is 0 Å². The Kier molecular flexibility index (Phi) is 25.8. The van der Waals surface area contributed by atoms with E-state index in [0.29, 0.717) is 48.4 Å². The Balaban J connectivity index is 0.000000395. The summed E-state index contributed by atoms with van der Waals surface area (Å²) >= 11 is 0. The molecular weight excluding hydrogens is 1010 g/mol. The average Bonchev–Trinajstić information content (AvgIpc) is 3.30. The van der Waals surface area contributed by atoms with Crippen LogP contribution in [0.15, 0.2) is 166 Å². The minimum atomic E-state index is -1.08. The first-order chi connectivity index (χ1) is 31.9. The van der Waals surface area contributed by atoms with Gasteiger partial charge in [-0.15, -0.1) is 0 Å². The van der Waals surface area contributed by atoms with Crippen LogP contribution in [0.3, 0.4) is 0 Å². The van der Waals surface area contributed by atoms with Crippen molar-refractivity contribution in [3.63, 3.8) is 0 Å². The minimum absolute atomic E-state index is 0. The Morgan fingerprint density at radius 2 is 0.551 bits per heavy atom. The van der Waals surface area contributed by atoms with Crippen LogP contribution in [0.25, 0.3) is 43.1 Å². The number of nitrogens with zero attached hydrogens (tertiary/aromatic N) is 4. The molecule has 0 bridgehead atoms. The van der Waals surface area contributed by atoms with Crippen LogP contribution in [0.5, 0.6) is 23.0 Å². The number of carboxylic acids is 2. The molecule has 0 aliphatic carbocycles. The fraction of sp³-hybridized carbons (Fsp3) is 0.148. The molecule has 0 aliphatic heterocycles. The van der Waals surface area contributed by atoms with Gasteiger partial charge in [0.2, 0.25) is 0 Å². The molecule has 15 heteroatoms. The number of rotatable bonds is 12. The molecule has 0 fully saturated rings. The Hall–Kier alpha value is -6.86. The van der Waals surface area contributed by atoms with Gasteiger partial charge in [0, 0.05) is 63.0 Å². The standard InChI is InChI=1S/2C25H22N2O2.2C2H4O2.3Co/c2*28-24-12-10-18-6-1-3-8-20(18)22(24)16-26-14-5-15-27-17-23-21-9-4-2-7-19(21)11-13-25(23)29;2*1-2(3)4;;;/h2*1-4,6-13,16-17,28-29H,5,14-15H2;2*1H3,(H,3,4);;;/q;;;;3*+2/p-6. The monoisotopic (exact) mass is 1060 g/mol. The predicted molar refractivity (Wildman–Crippen MR) is 254 cm³/mol. The molecule has 357 valence electrons. The summed E-state index contributed by atoms with van der Waals surface area (Å²) in [5.41, 5.74) is 2.49. The summed E-state index contributed by atoms with van der Waals surface area (Å²) in [6.07, 6.45) is 8.13. The van der Waals surface area contributed by atoms with Gasteiger partial charge in [-0.2, -0.15) is 0 Å². The van der Waals surface area contributed by atoms with Crippen LogP contribution in [-0.2, 0) is 59.9 Å². The molecule has 69 heavy (non-hydrogen) atoms. The Morgan fingerprint density at radius 3 is 0.754 bits per heavy atom. The fourth-order valence-corrected chi connectivity index (χ4v) is 6.76. The topological polar surface area (TPSA) is 222 Å². The van der Waals surface area contributed by atoms with Gasteiger partial charge in [0.05, 0.1) is 0 Å². The molecule has 8 rings (SSSR count). The van der Waals surface area contributed by atoms with Crippen LogP contribution in [0, 0.1) is 0 Å². The van der Waals surface area contributed by atoms with E-state index in [9.17, 15) is 20.4 Å². The van der Waals surface area contributed by atoms with Crippen molar-refractivity contribution in [3.05, 3.63) is 168 Å². The number of aliphatic carboxylic acids is 2. The maximum Gasteiger partial charge on any atom is 2.00 e. The summed E-state index contributed by atoms with van der Waals surface area (Å²) in [7, 11) is 0. The van der Waals surface area contributed by atoms with Crippen molar-refractivity contribution in [2.45, 2.75) is 26.7 Å². The zero-order chi connectivity index (χ0) is 47.3. The van der Waals surface area contributed by atoms with Gasteiger partial charge in [-0.1, -0.05) is 169 Å². The SMILES string of the molecule is CC(=O)[O-].CC(=O)[O-].[Co+2].[Co+2].[Co+2].[O-]c1ccc2ccccc2c1C=NCCCN=Cc1c([O-])ccc2ccccc12.[O-]c1ccc2ccccc2c1C=NCCCN=Cc1c([O-])ccc2ccccc12. The van der Waals surface area contributed by atoms with E-state index in [2.05, 4.69) is 20.0 Å². The van der Waals surface area contributed by atoms with Crippen LogP contribution < -0.4 is 30.6 Å². The van der Waals surface area contributed by atoms with Gasteiger partial charge in [-0.05, 0) is 92.0 Å². The van der Waals surface area contributed by atoms with Crippen molar-refractivity contribution in [2.24, 2.45) is 20.0 Å². The van der Waals surface area contributed by atoms with E-state index in [1.807, 2.05) is 121 Å². The van der Waals surface area contributed by atoms with Gasteiger partial charge in [-0.3, -0.25) is 20.0 Å². The van der Waals surface area contributed by atoms with Crippen LogP contribution in [0.4, 0.5) is 0 Å². The van der Waals surface area contributed by atoms with Crippen molar-refractivity contribution in [1.29, 1.82) is 0 Å². The van der Waals surface area contributed by atoms with Crippen LogP contribution in [0.2, 0.25) is 0 Å². The molecule has 0 aromatic heterocycles. The minimum Gasteiger partial charge on any atom is -0.872 e. The number of fused-ring (bicyclic) bond motifs is 4. The van der Waals surface area contributed by atoms with Crippen LogP contribution in [0.1, 0.15) is 48.9 Å². The molecule has 0 saturated heterocycles. The number of aliphatic imine (C=N–C) groups is 4. The summed E-state index contributed by atoms with van der Waals surface area (Å²) in [5.74, 6) is -2.26. The maximum absolute atomic E-state index is 12.2. The molecule has 0 heterocycles. The zero-order valence-electron chi connectivity index (χ0n) is 37.5. The first-order valence-electron chi connectivity index (χ1n) is 21.0. The molecule has 0 unspecified atom stereocenters. The summed E-state index contributed by atoms with van der Waals surface area (Å²) in [4.78, 5) is 35.4. The molecule has 8 aromatic carbocycles. The average molecular weight is 1060 g/mol. The van der Waals surface area contributed by atoms with E-state index in [1.165, 1.54) is 0 Å². The first-order valence-corrected chi connectivity index (χ1v) is 21.0. The van der Waals surface area contributed by atoms with E-state index in [1.54, 1.807) is 49.1 Å². The summed E-state index contributed by atoms with van der Waals surface area (Å²) in [6.45, 7) is 4.22. The third-order valence-electron chi connectivity index (χ3n) is 9.75. The second kappa shape index (κ2) is 30.5. The number of hydrogen-bond acceptors (Lipinski definition) is 12. The van der Waals surface area contributed by atoms with Gasteiger partial charge < -0.3 is 40.2 Å². The van der Waals surface area contributed by atoms with E-state index >= 15 is 0 Å². The molecule has 3 radical (unpaired) electrons. The number of hydrogen-bond donors (Lipinski definition) is 0.